The van der Waals surface area contributed by atoms with E-state index in [-0.39, 0.29) is 17.4 Å². The van der Waals surface area contributed by atoms with Gasteiger partial charge in [0.15, 0.2) is 0 Å². The third-order valence-electron chi connectivity index (χ3n) is 1.85. The first-order valence-corrected chi connectivity index (χ1v) is 4.81. The summed E-state index contributed by atoms with van der Waals surface area (Å²) in [6.07, 6.45) is 0. The van der Waals surface area contributed by atoms with Gasteiger partial charge in [0, 0.05) is 0 Å². The Hall–Kier alpha value is -1.75. The average Bonchev–Trinajstić information content (AvgIpc) is 2.22. The van der Waals surface area contributed by atoms with Crippen LogP contribution in [0.2, 0.25) is 0 Å². The summed E-state index contributed by atoms with van der Waals surface area (Å²) >= 11 is 0. The van der Waals surface area contributed by atoms with E-state index in [9.17, 15) is 4.79 Å². The number of aromatic hydroxyl groups is 2. The van der Waals surface area contributed by atoms with Crippen molar-refractivity contribution in [3.8, 4) is 11.5 Å². The fourth-order valence-electron chi connectivity index (χ4n) is 0.738. The highest BCUT2D eigenvalue weighted by Crippen LogP contribution is 2.13. The molecule has 0 amide bonds. The highest BCUT2D eigenvalue weighted by molar-refractivity contribution is 5.73. The van der Waals surface area contributed by atoms with Crippen molar-refractivity contribution in [2.45, 2.75) is 19.9 Å². The number of phenolic OH excluding ortho intramolecular Hbond substituents is 2. The van der Waals surface area contributed by atoms with Crippen LogP contribution in [0.15, 0.2) is 24.3 Å². The Labute approximate surface area is 94.1 Å². The van der Waals surface area contributed by atoms with Crippen molar-refractivity contribution in [3.63, 3.8) is 0 Å². The first-order chi connectivity index (χ1) is 7.34. The normalized spacial score (nSPS) is 11.5. The van der Waals surface area contributed by atoms with Gasteiger partial charge in [-0.2, -0.15) is 0 Å². The second-order valence-corrected chi connectivity index (χ2v) is 3.62. The van der Waals surface area contributed by atoms with Gasteiger partial charge in [0.05, 0.1) is 0 Å². The molecule has 0 radical (unpaired) electrons. The van der Waals surface area contributed by atoms with Gasteiger partial charge in [-0.3, -0.25) is 4.79 Å². The molecular weight excluding hydrogens is 210 g/mol. The Bertz CT molecular complexity index is 300. The summed E-state index contributed by atoms with van der Waals surface area (Å²) in [6, 6.07) is 4.99. The van der Waals surface area contributed by atoms with Crippen LogP contribution in [0.25, 0.3) is 0 Å². The van der Waals surface area contributed by atoms with Gasteiger partial charge in [-0.1, -0.05) is 13.8 Å². The van der Waals surface area contributed by atoms with E-state index in [1.54, 1.807) is 13.8 Å². The number of carbonyl (C=O) groups is 1. The molecule has 0 heterocycles. The lowest BCUT2D eigenvalue weighted by Crippen LogP contribution is -2.34. The molecule has 0 spiro atoms. The van der Waals surface area contributed by atoms with Gasteiger partial charge in [0.25, 0.3) is 0 Å². The van der Waals surface area contributed by atoms with Crippen molar-refractivity contribution in [1.29, 1.82) is 0 Å². The van der Waals surface area contributed by atoms with E-state index in [1.807, 2.05) is 0 Å². The van der Waals surface area contributed by atoms with E-state index >= 15 is 0 Å². The summed E-state index contributed by atoms with van der Waals surface area (Å²) in [5.41, 5.74) is 5.16. The molecule has 90 valence electrons. The molecule has 0 saturated heterocycles. The highest BCUT2D eigenvalue weighted by atomic mass is 16.4. The number of hydrogen-bond acceptors (Lipinski definition) is 4. The predicted octanol–water partition coefficient (Wildman–Crippen LogP) is 1.15. The monoisotopic (exact) mass is 227 g/mol. The van der Waals surface area contributed by atoms with Crippen LogP contribution in [0, 0.1) is 5.92 Å². The van der Waals surface area contributed by atoms with Crippen molar-refractivity contribution < 1.29 is 20.1 Å². The van der Waals surface area contributed by atoms with Crippen LogP contribution in [0.3, 0.4) is 0 Å². The molecule has 1 aromatic rings. The second-order valence-electron chi connectivity index (χ2n) is 3.62. The Balaban J connectivity index is 0.000000281. The van der Waals surface area contributed by atoms with Crippen LogP contribution in [0.1, 0.15) is 13.8 Å². The smallest absolute Gasteiger partial charge is 0.320 e. The molecule has 1 rings (SSSR count). The van der Waals surface area contributed by atoms with E-state index < -0.39 is 12.0 Å². The Kier molecular flexibility index (Phi) is 5.95. The lowest BCUT2D eigenvalue weighted by molar-refractivity contribution is -0.139. The van der Waals surface area contributed by atoms with Gasteiger partial charge in [-0.15, -0.1) is 0 Å². The molecular formula is C11H17NO4. The number of carboxylic acid groups (broad SMARTS) is 1. The molecule has 0 aliphatic heterocycles. The lowest BCUT2D eigenvalue weighted by Gasteiger charge is -2.07. The van der Waals surface area contributed by atoms with Crippen molar-refractivity contribution in [2.24, 2.45) is 11.7 Å². The molecule has 0 unspecified atom stereocenters. The maximum absolute atomic E-state index is 10.0. The molecule has 5 N–H and O–H groups in total. The average molecular weight is 227 g/mol. The summed E-state index contributed by atoms with van der Waals surface area (Å²) in [7, 11) is 0. The van der Waals surface area contributed by atoms with Crippen LogP contribution in [-0.2, 0) is 4.79 Å². The van der Waals surface area contributed by atoms with Crippen LogP contribution >= 0.6 is 0 Å². The number of hydrogen-bond donors (Lipinski definition) is 4. The molecule has 5 heteroatoms. The molecule has 0 aliphatic carbocycles. The second kappa shape index (κ2) is 6.68. The van der Waals surface area contributed by atoms with Crippen LogP contribution in [0.4, 0.5) is 0 Å². The van der Waals surface area contributed by atoms with E-state index in [1.165, 1.54) is 24.3 Å². The predicted molar refractivity (Wildman–Crippen MR) is 60.2 cm³/mol. The van der Waals surface area contributed by atoms with Gasteiger partial charge in [0.2, 0.25) is 0 Å². The van der Waals surface area contributed by atoms with Gasteiger partial charge in [-0.25, -0.2) is 0 Å². The SMILES string of the molecule is CC(C)[C@H](N)C(=O)O.Oc1ccc(O)cc1. The third kappa shape index (κ3) is 5.87. The Morgan fingerprint density at radius 1 is 1.12 bits per heavy atom. The zero-order valence-electron chi connectivity index (χ0n) is 9.29. The van der Waals surface area contributed by atoms with Crippen molar-refractivity contribution >= 4 is 5.97 Å². The fourth-order valence-corrected chi connectivity index (χ4v) is 0.738. The molecule has 0 saturated carbocycles. The van der Waals surface area contributed by atoms with Crippen molar-refractivity contribution in [2.75, 3.05) is 0 Å². The standard InChI is InChI=1S/C6H6O2.C5H11NO2/c7-5-1-2-6(8)4-3-5;1-3(2)4(6)5(7)8/h1-4,7-8H;3-4H,6H2,1-2H3,(H,7,8)/t;4-/m.0/s1. The molecule has 0 aliphatic rings. The molecule has 1 aromatic carbocycles. The molecule has 5 nitrogen and oxygen atoms in total. The van der Waals surface area contributed by atoms with Gasteiger partial charge in [-0.05, 0) is 30.2 Å². The van der Waals surface area contributed by atoms with Crippen LogP contribution < -0.4 is 5.73 Å². The largest absolute Gasteiger partial charge is 0.508 e. The van der Waals surface area contributed by atoms with E-state index in [4.69, 9.17) is 21.1 Å². The zero-order chi connectivity index (χ0) is 12.7. The quantitative estimate of drug-likeness (QED) is 0.567. The van der Waals surface area contributed by atoms with Crippen molar-refractivity contribution in [3.05, 3.63) is 24.3 Å². The fraction of sp³-hybridized carbons (Fsp3) is 0.364. The number of aliphatic carboxylic acids is 1. The minimum Gasteiger partial charge on any atom is -0.508 e. The summed E-state index contributed by atoms with van der Waals surface area (Å²) in [5, 5.41) is 25.5. The third-order valence-corrected chi connectivity index (χ3v) is 1.85. The Morgan fingerprint density at radius 3 is 1.56 bits per heavy atom. The molecule has 16 heavy (non-hydrogen) atoms. The zero-order valence-corrected chi connectivity index (χ0v) is 9.29. The number of nitrogens with two attached hydrogens (primary N) is 1. The summed E-state index contributed by atoms with van der Waals surface area (Å²) in [4.78, 5) is 10.0. The van der Waals surface area contributed by atoms with Crippen LogP contribution in [0.5, 0.6) is 11.5 Å². The maximum atomic E-state index is 10.0. The summed E-state index contributed by atoms with van der Waals surface area (Å²) in [6.45, 7) is 3.55. The number of carboxylic acids is 1. The molecule has 0 bridgehead atoms. The van der Waals surface area contributed by atoms with E-state index in [0.29, 0.717) is 0 Å². The first kappa shape index (κ1) is 14.2. The minimum absolute atomic E-state index is 0.0208. The molecule has 0 fully saturated rings. The summed E-state index contributed by atoms with van der Waals surface area (Å²) < 4.78 is 0. The number of benzene rings is 1. The van der Waals surface area contributed by atoms with Crippen LogP contribution in [-0.4, -0.2) is 27.3 Å². The van der Waals surface area contributed by atoms with Gasteiger partial charge >= 0.3 is 5.97 Å². The van der Waals surface area contributed by atoms with Crippen molar-refractivity contribution in [1.82, 2.24) is 0 Å². The maximum Gasteiger partial charge on any atom is 0.320 e. The lowest BCUT2D eigenvalue weighted by atomic mass is 10.1. The molecule has 1 atom stereocenters. The number of phenols is 2. The first-order valence-electron chi connectivity index (χ1n) is 4.81. The Morgan fingerprint density at radius 2 is 1.44 bits per heavy atom. The van der Waals surface area contributed by atoms with E-state index in [2.05, 4.69) is 0 Å². The van der Waals surface area contributed by atoms with Gasteiger partial charge < -0.3 is 21.1 Å². The minimum atomic E-state index is -0.931. The summed E-state index contributed by atoms with van der Waals surface area (Å²) in [5.74, 6) is -0.571. The number of rotatable bonds is 2. The molecule has 0 aromatic heterocycles. The van der Waals surface area contributed by atoms with E-state index in [0.717, 1.165) is 0 Å². The highest BCUT2D eigenvalue weighted by Gasteiger charge is 2.14. The topological polar surface area (TPSA) is 104 Å². The van der Waals surface area contributed by atoms with Gasteiger partial charge in [0.1, 0.15) is 17.5 Å².